The fourth-order valence-corrected chi connectivity index (χ4v) is 4.25. The van der Waals surface area contributed by atoms with Crippen LogP contribution in [0.4, 0.5) is 0 Å². The van der Waals surface area contributed by atoms with Crippen molar-refractivity contribution in [3.05, 3.63) is 75.4 Å². The summed E-state index contributed by atoms with van der Waals surface area (Å²) in [5.74, 6) is -0.995. The summed E-state index contributed by atoms with van der Waals surface area (Å²) in [5.41, 5.74) is 4.10. The fraction of sp³-hybridized carbons (Fsp3) is 0.190. The third-order valence-electron chi connectivity index (χ3n) is 4.95. The minimum absolute atomic E-state index is 0.173. The Morgan fingerprint density at radius 1 is 1.19 bits per heavy atom. The van der Waals surface area contributed by atoms with Gasteiger partial charge in [0.2, 0.25) is 0 Å². The molecule has 0 atom stereocenters. The zero-order valence-corrected chi connectivity index (χ0v) is 16.0. The van der Waals surface area contributed by atoms with Gasteiger partial charge in [-0.1, -0.05) is 59.6 Å². The Morgan fingerprint density at radius 3 is 2.63 bits per heavy atom. The third-order valence-corrected chi connectivity index (χ3v) is 5.47. The summed E-state index contributed by atoms with van der Waals surface area (Å²) in [5, 5.41) is 11.3. The van der Waals surface area contributed by atoms with Crippen molar-refractivity contribution in [3.63, 3.8) is 0 Å². The van der Waals surface area contributed by atoms with Crippen LogP contribution in [0.1, 0.15) is 28.0 Å². The number of aromatic amines is 1. The van der Waals surface area contributed by atoms with Crippen LogP contribution in [0.2, 0.25) is 10.0 Å². The normalized spacial score (nSPS) is 15.1. The molecule has 4 nitrogen and oxygen atoms in total. The molecule has 6 heteroatoms. The van der Waals surface area contributed by atoms with E-state index in [1.54, 1.807) is 12.1 Å². The topological polar surface area (TPSA) is 56.3 Å². The highest BCUT2D eigenvalue weighted by Crippen LogP contribution is 2.34. The Hall–Kier alpha value is -2.27. The summed E-state index contributed by atoms with van der Waals surface area (Å²) in [6.07, 6.45) is 3.14. The van der Waals surface area contributed by atoms with Gasteiger partial charge in [-0.25, -0.2) is 4.79 Å². The summed E-state index contributed by atoms with van der Waals surface area (Å²) in [4.78, 5) is 16.9. The molecule has 2 N–H and O–H groups in total. The molecule has 0 saturated carbocycles. The number of rotatable bonds is 4. The zero-order valence-electron chi connectivity index (χ0n) is 14.5. The standard InChI is InChI=1S/C21H18Cl2N2O2/c22-15-10-17(23)19-16(20(21(26)27)24-18(19)11-15)12-25-8-6-14(7-9-25)13-4-2-1-3-5-13/h1-6,10-11,24H,7-9,12H2,(H,26,27). The van der Waals surface area contributed by atoms with Crippen molar-refractivity contribution in [1.29, 1.82) is 0 Å². The number of H-pyrrole nitrogens is 1. The molecule has 138 valence electrons. The van der Waals surface area contributed by atoms with E-state index in [1.165, 1.54) is 11.1 Å². The van der Waals surface area contributed by atoms with Crippen LogP contribution in [0.3, 0.4) is 0 Å². The van der Waals surface area contributed by atoms with E-state index in [1.807, 2.05) is 18.2 Å². The molecule has 27 heavy (non-hydrogen) atoms. The summed E-state index contributed by atoms with van der Waals surface area (Å²) in [6, 6.07) is 13.7. The molecule has 0 aliphatic carbocycles. The van der Waals surface area contributed by atoms with E-state index in [-0.39, 0.29) is 5.69 Å². The summed E-state index contributed by atoms with van der Waals surface area (Å²) in [7, 11) is 0. The zero-order chi connectivity index (χ0) is 19.0. The molecule has 0 saturated heterocycles. The van der Waals surface area contributed by atoms with E-state index < -0.39 is 5.97 Å². The van der Waals surface area contributed by atoms with Crippen molar-refractivity contribution in [2.24, 2.45) is 0 Å². The van der Waals surface area contributed by atoms with Gasteiger partial charge in [0, 0.05) is 41.1 Å². The minimum Gasteiger partial charge on any atom is -0.477 e. The molecule has 4 rings (SSSR count). The lowest BCUT2D eigenvalue weighted by atomic mass is 9.99. The van der Waals surface area contributed by atoms with Gasteiger partial charge in [-0.15, -0.1) is 0 Å². The molecule has 2 aromatic carbocycles. The quantitative estimate of drug-likeness (QED) is 0.610. The highest BCUT2D eigenvalue weighted by Gasteiger charge is 2.22. The van der Waals surface area contributed by atoms with E-state index in [4.69, 9.17) is 23.2 Å². The first-order valence-corrected chi connectivity index (χ1v) is 9.48. The van der Waals surface area contributed by atoms with E-state index >= 15 is 0 Å². The SMILES string of the molecule is O=C(O)c1[nH]c2cc(Cl)cc(Cl)c2c1CN1CC=C(c2ccccc2)CC1. The van der Waals surface area contributed by atoms with Crippen molar-refractivity contribution in [2.75, 3.05) is 13.1 Å². The smallest absolute Gasteiger partial charge is 0.352 e. The predicted molar refractivity (Wildman–Crippen MR) is 110 cm³/mol. The maximum absolute atomic E-state index is 11.7. The molecule has 0 amide bonds. The van der Waals surface area contributed by atoms with Gasteiger partial charge in [-0.2, -0.15) is 0 Å². The van der Waals surface area contributed by atoms with Gasteiger partial charge in [0.25, 0.3) is 0 Å². The molecule has 0 fully saturated rings. The average molecular weight is 401 g/mol. The predicted octanol–water partition coefficient (Wildman–Crippen LogP) is 5.46. The number of carboxylic acids is 1. The number of hydrogen-bond donors (Lipinski definition) is 2. The van der Waals surface area contributed by atoms with Crippen molar-refractivity contribution in [1.82, 2.24) is 9.88 Å². The van der Waals surface area contributed by atoms with Crippen LogP contribution in [0.5, 0.6) is 0 Å². The largest absolute Gasteiger partial charge is 0.477 e. The van der Waals surface area contributed by atoms with E-state index in [9.17, 15) is 9.90 Å². The van der Waals surface area contributed by atoms with Crippen LogP contribution in [-0.4, -0.2) is 34.0 Å². The number of hydrogen-bond acceptors (Lipinski definition) is 2. The van der Waals surface area contributed by atoms with Gasteiger partial charge in [-0.05, 0) is 29.7 Å². The molecule has 2 heterocycles. The lowest BCUT2D eigenvalue weighted by Crippen LogP contribution is -2.28. The molecular weight excluding hydrogens is 383 g/mol. The number of fused-ring (bicyclic) bond motifs is 1. The molecule has 0 unspecified atom stereocenters. The second-order valence-electron chi connectivity index (χ2n) is 6.67. The number of aromatic nitrogens is 1. The number of nitrogens with one attached hydrogen (secondary N) is 1. The molecule has 0 radical (unpaired) electrons. The monoisotopic (exact) mass is 400 g/mol. The molecule has 0 bridgehead atoms. The summed E-state index contributed by atoms with van der Waals surface area (Å²) < 4.78 is 0. The Bertz CT molecular complexity index is 1040. The Kier molecular flexibility index (Phi) is 4.96. The van der Waals surface area contributed by atoms with Crippen LogP contribution in [0.25, 0.3) is 16.5 Å². The van der Waals surface area contributed by atoms with Gasteiger partial charge >= 0.3 is 5.97 Å². The van der Waals surface area contributed by atoms with Gasteiger partial charge in [0.1, 0.15) is 5.69 Å². The molecule has 1 aliphatic rings. The summed E-state index contributed by atoms with van der Waals surface area (Å²) in [6.45, 7) is 2.14. The second-order valence-corrected chi connectivity index (χ2v) is 7.52. The van der Waals surface area contributed by atoms with Crippen LogP contribution < -0.4 is 0 Å². The molecule has 3 aromatic rings. The van der Waals surface area contributed by atoms with E-state index in [0.717, 1.165) is 24.9 Å². The van der Waals surface area contributed by atoms with Crippen LogP contribution in [0, 0.1) is 0 Å². The number of carbonyl (C=O) groups is 1. The van der Waals surface area contributed by atoms with Crippen molar-refractivity contribution < 1.29 is 9.90 Å². The lowest BCUT2D eigenvalue weighted by Gasteiger charge is -2.26. The average Bonchev–Trinajstić information content (AvgIpc) is 3.02. The van der Waals surface area contributed by atoms with Gasteiger partial charge in [0.15, 0.2) is 0 Å². The number of halogens is 2. The first-order valence-electron chi connectivity index (χ1n) is 8.72. The Balaban J connectivity index is 1.63. The van der Waals surface area contributed by atoms with Crippen LogP contribution in [0.15, 0.2) is 48.5 Å². The molecule has 1 aliphatic heterocycles. The molecule has 0 spiro atoms. The van der Waals surface area contributed by atoms with Gasteiger partial charge in [-0.3, -0.25) is 4.90 Å². The van der Waals surface area contributed by atoms with Crippen LogP contribution >= 0.6 is 23.2 Å². The lowest BCUT2D eigenvalue weighted by molar-refractivity contribution is 0.0689. The van der Waals surface area contributed by atoms with Crippen molar-refractivity contribution in [2.45, 2.75) is 13.0 Å². The minimum atomic E-state index is -0.995. The fourth-order valence-electron chi connectivity index (χ4n) is 3.65. The van der Waals surface area contributed by atoms with E-state index in [2.05, 4.69) is 28.1 Å². The van der Waals surface area contributed by atoms with Gasteiger partial charge < -0.3 is 10.1 Å². The van der Waals surface area contributed by atoms with E-state index in [0.29, 0.717) is 27.7 Å². The number of nitrogens with zero attached hydrogens (tertiary/aromatic N) is 1. The Labute approximate surface area is 167 Å². The number of aromatic carboxylic acids is 1. The molecule has 1 aromatic heterocycles. The highest BCUT2D eigenvalue weighted by atomic mass is 35.5. The van der Waals surface area contributed by atoms with Crippen LogP contribution in [-0.2, 0) is 6.54 Å². The Morgan fingerprint density at radius 2 is 1.96 bits per heavy atom. The van der Waals surface area contributed by atoms with Gasteiger partial charge in [0.05, 0.1) is 5.02 Å². The maximum Gasteiger partial charge on any atom is 0.352 e. The van der Waals surface area contributed by atoms with Crippen molar-refractivity contribution in [3.8, 4) is 0 Å². The maximum atomic E-state index is 11.7. The summed E-state index contributed by atoms with van der Waals surface area (Å²) >= 11 is 12.4. The second kappa shape index (κ2) is 7.39. The number of carboxylic acid groups (broad SMARTS) is 1. The highest BCUT2D eigenvalue weighted by molar-refractivity contribution is 6.39. The number of benzene rings is 2. The van der Waals surface area contributed by atoms with Crippen molar-refractivity contribution >= 4 is 45.6 Å². The first-order chi connectivity index (χ1) is 13.0. The third kappa shape index (κ3) is 3.61. The first kappa shape index (κ1) is 18.1. The molecular formula is C21H18Cl2N2O2.